The van der Waals surface area contributed by atoms with E-state index in [0.717, 1.165) is 70.3 Å². The maximum absolute atomic E-state index is 12.4. The molecule has 24 heavy (non-hydrogen) atoms. The highest BCUT2D eigenvalue weighted by Crippen LogP contribution is 2.33. The Labute approximate surface area is 148 Å². The van der Waals surface area contributed by atoms with Crippen LogP contribution < -0.4 is 0 Å². The predicted octanol–water partition coefficient (Wildman–Crippen LogP) is 5.43. The van der Waals surface area contributed by atoms with Gasteiger partial charge in [0.1, 0.15) is 6.10 Å². The molecule has 0 aromatic heterocycles. The van der Waals surface area contributed by atoms with E-state index < -0.39 is 0 Å². The van der Waals surface area contributed by atoms with Crippen LogP contribution in [0, 0.1) is 11.8 Å². The van der Waals surface area contributed by atoms with E-state index in [1.54, 1.807) is 0 Å². The monoisotopic (exact) mass is 336 g/mol. The van der Waals surface area contributed by atoms with Gasteiger partial charge in [-0.1, -0.05) is 25.8 Å². The average molecular weight is 337 g/mol. The first kappa shape index (κ1) is 19.5. The normalized spacial score (nSPS) is 30.7. The second-order valence-corrected chi connectivity index (χ2v) is 7.66. The number of allylic oxidation sites excluding steroid dienone is 1. The van der Waals surface area contributed by atoms with E-state index in [1.807, 2.05) is 6.08 Å². The second-order valence-electron chi connectivity index (χ2n) is 7.66. The number of esters is 1. The maximum Gasteiger partial charge on any atom is 0.309 e. The van der Waals surface area contributed by atoms with Crippen LogP contribution in [0.5, 0.6) is 0 Å². The minimum atomic E-state index is 0.0550. The molecule has 138 valence electrons. The minimum Gasteiger partial charge on any atom is -0.462 e. The van der Waals surface area contributed by atoms with Gasteiger partial charge in [-0.25, -0.2) is 0 Å². The fourth-order valence-corrected chi connectivity index (χ4v) is 4.05. The number of hydrogen-bond acceptors (Lipinski definition) is 3. The molecule has 0 atom stereocenters. The van der Waals surface area contributed by atoms with Crippen LogP contribution in [0.1, 0.15) is 84.0 Å². The first-order valence-electron chi connectivity index (χ1n) is 10.2. The van der Waals surface area contributed by atoms with Crippen LogP contribution in [0.3, 0.4) is 0 Å². The van der Waals surface area contributed by atoms with Crippen LogP contribution in [-0.2, 0) is 14.3 Å². The molecular formula is C21H36O3. The molecule has 0 aromatic rings. The van der Waals surface area contributed by atoms with Gasteiger partial charge in [-0.2, -0.15) is 0 Å². The van der Waals surface area contributed by atoms with Gasteiger partial charge in [0.05, 0.1) is 12.0 Å². The van der Waals surface area contributed by atoms with E-state index in [0.29, 0.717) is 6.10 Å². The first-order chi connectivity index (χ1) is 11.7. The molecule has 0 bridgehead atoms. The highest BCUT2D eigenvalue weighted by molar-refractivity contribution is 5.72. The molecular weight excluding hydrogens is 300 g/mol. The number of unbranched alkanes of at least 4 members (excludes halogenated alkanes) is 2. The lowest BCUT2D eigenvalue weighted by Gasteiger charge is -2.31. The third-order valence-electron chi connectivity index (χ3n) is 5.69. The first-order valence-corrected chi connectivity index (χ1v) is 10.2. The highest BCUT2D eigenvalue weighted by atomic mass is 16.5. The van der Waals surface area contributed by atoms with E-state index in [-0.39, 0.29) is 18.0 Å². The zero-order valence-electron chi connectivity index (χ0n) is 15.5. The van der Waals surface area contributed by atoms with Crippen molar-refractivity contribution < 1.29 is 14.3 Å². The van der Waals surface area contributed by atoms with Crippen molar-refractivity contribution in [3.63, 3.8) is 0 Å². The zero-order chi connectivity index (χ0) is 17.2. The standard InChI is InChI=1S/C21H36O3/c1-3-5-6-16-23-19-12-14-20(15-13-19)24-21(22)18-10-8-17(7-4-2)9-11-18/h4,17-20H,2-3,5-16H2,1H3. The number of hydrogen-bond donors (Lipinski definition) is 0. The summed E-state index contributed by atoms with van der Waals surface area (Å²) < 4.78 is 11.7. The van der Waals surface area contributed by atoms with Gasteiger partial charge in [-0.3, -0.25) is 4.79 Å². The summed E-state index contributed by atoms with van der Waals surface area (Å²) in [6.45, 7) is 6.92. The number of ether oxygens (including phenoxy) is 2. The molecule has 2 saturated carbocycles. The summed E-state index contributed by atoms with van der Waals surface area (Å²) >= 11 is 0. The van der Waals surface area contributed by atoms with Gasteiger partial charge in [-0.15, -0.1) is 6.58 Å². The molecule has 0 saturated heterocycles. The van der Waals surface area contributed by atoms with E-state index >= 15 is 0 Å². The fourth-order valence-electron chi connectivity index (χ4n) is 4.05. The number of rotatable bonds is 9. The molecule has 0 amide bonds. The molecule has 0 aliphatic heterocycles. The van der Waals surface area contributed by atoms with Crippen LogP contribution in [0.4, 0.5) is 0 Å². The average Bonchev–Trinajstić information content (AvgIpc) is 2.61. The van der Waals surface area contributed by atoms with Crippen molar-refractivity contribution in [2.45, 2.75) is 96.2 Å². The van der Waals surface area contributed by atoms with Crippen molar-refractivity contribution in [2.24, 2.45) is 11.8 Å². The Bertz CT molecular complexity index is 363. The second kappa shape index (κ2) is 10.9. The van der Waals surface area contributed by atoms with Gasteiger partial charge in [0.2, 0.25) is 0 Å². The predicted molar refractivity (Wildman–Crippen MR) is 97.9 cm³/mol. The third-order valence-corrected chi connectivity index (χ3v) is 5.69. The molecule has 0 radical (unpaired) electrons. The van der Waals surface area contributed by atoms with Crippen molar-refractivity contribution in [1.82, 2.24) is 0 Å². The quantitative estimate of drug-likeness (QED) is 0.320. The Balaban J connectivity index is 1.59. The van der Waals surface area contributed by atoms with Gasteiger partial charge in [0.25, 0.3) is 0 Å². The summed E-state index contributed by atoms with van der Waals surface area (Å²) in [7, 11) is 0. The van der Waals surface area contributed by atoms with Crippen LogP contribution in [0.2, 0.25) is 0 Å². The van der Waals surface area contributed by atoms with Crippen LogP contribution in [0.15, 0.2) is 12.7 Å². The third kappa shape index (κ3) is 6.58. The van der Waals surface area contributed by atoms with Crippen molar-refractivity contribution in [1.29, 1.82) is 0 Å². The van der Waals surface area contributed by atoms with Gasteiger partial charge in [-0.05, 0) is 70.1 Å². The molecule has 2 aliphatic carbocycles. The summed E-state index contributed by atoms with van der Waals surface area (Å²) in [6, 6.07) is 0. The summed E-state index contributed by atoms with van der Waals surface area (Å²) in [4.78, 5) is 12.4. The van der Waals surface area contributed by atoms with Crippen LogP contribution >= 0.6 is 0 Å². The molecule has 0 unspecified atom stereocenters. The van der Waals surface area contributed by atoms with Crippen molar-refractivity contribution in [3.8, 4) is 0 Å². The number of carbonyl (C=O) groups excluding carboxylic acids is 1. The molecule has 2 rings (SSSR count). The Morgan fingerprint density at radius 2 is 1.67 bits per heavy atom. The van der Waals surface area contributed by atoms with Gasteiger partial charge >= 0.3 is 5.97 Å². The Morgan fingerprint density at radius 1 is 1.00 bits per heavy atom. The molecule has 0 spiro atoms. The molecule has 0 N–H and O–H groups in total. The molecule has 0 heterocycles. The van der Waals surface area contributed by atoms with E-state index in [2.05, 4.69) is 13.5 Å². The Kier molecular flexibility index (Phi) is 8.87. The topological polar surface area (TPSA) is 35.5 Å². The molecule has 3 heteroatoms. The summed E-state index contributed by atoms with van der Waals surface area (Å²) in [5.74, 6) is 0.917. The summed E-state index contributed by atoms with van der Waals surface area (Å²) in [5.41, 5.74) is 0. The lowest BCUT2D eigenvalue weighted by molar-refractivity contribution is -0.158. The number of carbonyl (C=O) groups is 1. The minimum absolute atomic E-state index is 0.0550. The lowest BCUT2D eigenvalue weighted by Crippen LogP contribution is -2.32. The SMILES string of the molecule is C=CCC1CCC(C(=O)OC2CCC(OCCCCC)CC2)CC1. The zero-order valence-corrected chi connectivity index (χ0v) is 15.5. The van der Waals surface area contributed by atoms with Gasteiger partial charge in [0.15, 0.2) is 0 Å². The van der Waals surface area contributed by atoms with Crippen molar-refractivity contribution in [2.75, 3.05) is 6.61 Å². The Morgan fingerprint density at radius 3 is 2.29 bits per heavy atom. The molecule has 2 aliphatic rings. The smallest absolute Gasteiger partial charge is 0.309 e. The van der Waals surface area contributed by atoms with E-state index in [9.17, 15) is 4.79 Å². The largest absolute Gasteiger partial charge is 0.462 e. The maximum atomic E-state index is 12.4. The summed E-state index contributed by atoms with van der Waals surface area (Å²) in [5, 5.41) is 0. The van der Waals surface area contributed by atoms with E-state index in [4.69, 9.17) is 9.47 Å². The van der Waals surface area contributed by atoms with E-state index in [1.165, 1.54) is 19.3 Å². The Hall–Kier alpha value is -0.830. The molecule has 2 fully saturated rings. The van der Waals surface area contributed by atoms with Gasteiger partial charge in [0, 0.05) is 6.61 Å². The van der Waals surface area contributed by atoms with Gasteiger partial charge < -0.3 is 9.47 Å². The van der Waals surface area contributed by atoms with Crippen LogP contribution in [0.25, 0.3) is 0 Å². The molecule has 3 nitrogen and oxygen atoms in total. The fraction of sp³-hybridized carbons (Fsp3) is 0.857. The van der Waals surface area contributed by atoms with Crippen molar-refractivity contribution in [3.05, 3.63) is 12.7 Å². The van der Waals surface area contributed by atoms with Crippen LogP contribution in [-0.4, -0.2) is 24.8 Å². The molecule has 0 aromatic carbocycles. The van der Waals surface area contributed by atoms with Crippen molar-refractivity contribution >= 4 is 5.97 Å². The highest BCUT2D eigenvalue weighted by Gasteiger charge is 2.30. The summed E-state index contributed by atoms with van der Waals surface area (Å²) in [6.07, 6.45) is 15.5. The lowest BCUT2D eigenvalue weighted by atomic mass is 9.80.